The lowest BCUT2D eigenvalue weighted by Crippen LogP contribution is -2.34. The molecule has 114 valence electrons. The van der Waals surface area contributed by atoms with Gasteiger partial charge in [-0.15, -0.1) is 0 Å². The van der Waals surface area contributed by atoms with E-state index in [1.165, 1.54) is 38.5 Å². The van der Waals surface area contributed by atoms with Gasteiger partial charge in [0.15, 0.2) is 0 Å². The topological polar surface area (TPSA) is 60.7 Å². The van der Waals surface area contributed by atoms with E-state index >= 15 is 0 Å². The van der Waals surface area contributed by atoms with Crippen molar-refractivity contribution in [3.63, 3.8) is 0 Å². The molecule has 0 amide bonds. The van der Waals surface area contributed by atoms with E-state index in [9.17, 15) is 15.3 Å². The van der Waals surface area contributed by atoms with Crippen LogP contribution in [-0.2, 0) is 0 Å². The summed E-state index contributed by atoms with van der Waals surface area (Å²) in [5, 5.41) is 28.2. The summed E-state index contributed by atoms with van der Waals surface area (Å²) in [4.78, 5) is 0. The Kier molecular flexibility index (Phi) is 8.67. The number of aliphatic hydroxyl groups excluding tert-OH is 3. The first-order chi connectivity index (χ1) is 9.29. The van der Waals surface area contributed by atoms with Gasteiger partial charge < -0.3 is 15.3 Å². The van der Waals surface area contributed by atoms with Gasteiger partial charge in [-0.3, -0.25) is 0 Å². The van der Waals surface area contributed by atoms with Crippen molar-refractivity contribution in [1.29, 1.82) is 0 Å². The molecule has 1 rings (SSSR count). The van der Waals surface area contributed by atoms with E-state index in [1.807, 2.05) is 0 Å². The summed E-state index contributed by atoms with van der Waals surface area (Å²) in [7, 11) is 0. The molecule has 1 atom stereocenters. The van der Waals surface area contributed by atoms with Crippen molar-refractivity contribution in [2.45, 2.75) is 70.6 Å². The maximum absolute atomic E-state index is 9.44. The Morgan fingerprint density at radius 2 is 1.32 bits per heavy atom. The Hall–Kier alpha value is -0.120. The quantitative estimate of drug-likeness (QED) is 0.697. The summed E-state index contributed by atoms with van der Waals surface area (Å²) in [5.74, 6) is 0.454. The van der Waals surface area contributed by atoms with Crippen LogP contribution in [-0.4, -0.2) is 35.1 Å². The third-order valence-corrected chi connectivity index (χ3v) is 5.04. The van der Waals surface area contributed by atoms with E-state index in [4.69, 9.17) is 0 Å². The van der Waals surface area contributed by atoms with Crippen LogP contribution in [0.1, 0.15) is 70.6 Å². The first-order valence-corrected chi connectivity index (χ1v) is 8.11. The van der Waals surface area contributed by atoms with Crippen molar-refractivity contribution in [3.8, 4) is 0 Å². The van der Waals surface area contributed by atoms with Crippen LogP contribution in [0.25, 0.3) is 0 Å². The van der Waals surface area contributed by atoms with E-state index in [0.29, 0.717) is 5.92 Å². The van der Waals surface area contributed by atoms with Crippen LogP contribution in [0.3, 0.4) is 0 Å². The minimum atomic E-state index is 0.0452. The predicted molar refractivity (Wildman–Crippen MR) is 78.0 cm³/mol. The van der Waals surface area contributed by atoms with Gasteiger partial charge in [-0.25, -0.2) is 0 Å². The Morgan fingerprint density at radius 3 is 1.89 bits per heavy atom. The second-order valence-corrected chi connectivity index (χ2v) is 6.18. The van der Waals surface area contributed by atoms with Gasteiger partial charge in [0.1, 0.15) is 0 Å². The summed E-state index contributed by atoms with van der Waals surface area (Å²) in [6, 6.07) is 0. The average Bonchev–Trinajstić information content (AvgIpc) is 2.40. The van der Waals surface area contributed by atoms with Crippen molar-refractivity contribution in [1.82, 2.24) is 0 Å². The predicted octanol–water partition coefficient (Wildman–Crippen LogP) is 2.87. The Morgan fingerprint density at radius 1 is 0.737 bits per heavy atom. The van der Waals surface area contributed by atoms with Gasteiger partial charge in [-0.05, 0) is 43.4 Å². The Labute approximate surface area is 118 Å². The van der Waals surface area contributed by atoms with Gasteiger partial charge in [-0.1, -0.05) is 38.5 Å². The van der Waals surface area contributed by atoms with Gasteiger partial charge >= 0.3 is 0 Å². The maximum Gasteiger partial charge on any atom is 0.0436 e. The normalized spacial score (nSPS) is 25.1. The van der Waals surface area contributed by atoms with Crippen molar-refractivity contribution in [3.05, 3.63) is 0 Å². The summed E-state index contributed by atoms with van der Waals surface area (Å²) < 4.78 is 0. The van der Waals surface area contributed by atoms with Gasteiger partial charge in [-0.2, -0.15) is 0 Å². The molecule has 1 saturated carbocycles. The molecule has 3 N–H and O–H groups in total. The van der Waals surface area contributed by atoms with Crippen LogP contribution in [0.2, 0.25) is 0 Å². The van der Waals surface area contributed by atoms with Crippen LogP contribution in [0.5, 0.6) is 0 Å². The molecule has 0 radical (unpaired) electrons. The lowest BCUT2D eigenvalue weighted by atomic mass is 9.64. The lowest BCUT2D eigenvalue weighted by molar-refractivity contribution is 0.0369. The molecule has 0 bridgehead atoms. The summed E-state index contributed by atoms with van der Waals surface area (Å²) in [6.07, 6.45) is 12.2. The molecule has 3 nitrogen and oxygen atoms in total. The molecule has 19 heavy (non-hydrogen) atoms. The van der Waals surface area contributed by atoms with Crippen LogP contribution in [0, 0.1) is 11.3 Å². The van der Waals surface area contributed by atoms with Crippen LogP contribution in [0.15, 0.2) is 0 Å². The third-order valence-electron chi connectivity index (χ3n) is 5.04. The van der Waals surface area contributed by atoms with Crippen molar-refractivity contribution in [2.24, 2.45) is 11.3 Å². The van der Waals surface area contributed by atoms with E-state index in [1.54, 1.807) is 0 Å². The van der Waals surface area contributed by atoms with Crippen molar-refractivity contribution < 1.29 is 15.3 Å². The average molecular weight is 272 g/mol. The SMILES string of the molecule is OCCC1CCCCCCCCC1(CCO)CCO. The molecule has 0 saturated heterocycles. The molecule has 1 fully saturated rings. The highest BCUT2D eigenvalue weighted by molar-refractivity contribution is 4.87. The Bertz CT molecular complexity index is 212. The second-order valence-electron chi connectivity index (χ2n) is 6.18. The van der Waals surface area contributed by atoms with E-state index < -0.39 is 0 Å². The van der Waals surface area contributed by atoms with Crippen molar-refractivity contribution >= 4 is 0 Å². The zero-order valence-corrected chi connectivity index (χ0v) is 12.3. The largest absolute Gasteiger partial charge is 0.396 e. The van der Waals surface area contributed by atoms with Gasteiger partial charge in [0.25, 0.3) is 0 Å². The molecule has 1 aliphatic rings. The van der Waals surface area contributed by atoms with E-state index in [0.717, 1.165) is 32.1 Å². The fourth-order valence-electron chi connectivity index (χ4n) is 3.92. The van der Waals surface area contributed by atoms with Crippen LogP contribution in [0.4, 0.5) is 0 Å². The fourth-order valence-corrected chi connectivity index (χ4v) is 3.92. The first-order valence-electron chi connectivity index (χ1n) is 8.11. The molecule has 1 unspecified atom stereocenters. The Balaban J connectivity index is 2.81. The summed E-state index contributed by atoms with van der Waals surface area (Å²) in [6.45, 7) is 0.618. The zero-order chi connectivity index (χ0) is 14.0. The van der Waals surface area contributed by atoms with E-state index in [2.05, 4.69) is 0 Å². The van der Waals surface area contributed by atoms with Gasteiger partial charge in [0.2, 0.25) is 0 Å². The highest BCUT2D eigenvalue weighted by Gasteiger charge is 2.36. The first kappa shape index (κ1) is 16.9. The minimum Gasteiger partial charge on any atom is -0.396 e. The summed E-state index contributed by atoms with van der Waals surface area (Å²) in [5.41, 5.74) is 0.0452. The number of rotatable bonds is 6. The number of hydrogen-bond acceptors (Lipinski definition) is 3. The van der Waals surface area contributed by atoms with E-state index in [-0.39, 0.29) is 25.2 Å². The molecule has 0 spiro atoms. The molecule has 0 heterocycles. The molecule has 0 aromatic rings. The van der Waals surface area contributed by atoms with Gasteiger partial charge in [0.05, 0.1) is 0 Å². The highest BCUT2D eigenvalue weighted by Crippen LogP contribution is 2.45. The van der Waals surface area contributed by atoms with Crippen LogP contribution < -0.4 is 0 Å². The van der Waals surface area contributed by atoms with Crippen molar-refractivity contribution in [2.75, 3.05) is 19.8 Å². The molecule has 0 aromatic heterocycles. The fraction of sp³-hybridized carbons (Fsp3) is 1.00. The molecule has 0 aliphatic heterocycles. The number of hydrogen-bond donors (Lipinski definition) is 3. The third kappa shape index (κ3) is 5.41. The molecular weight excluding hydrogens is 240 g/mol. The smallest absolute Gasteiger partial charge is 0.0436 e. The second kappa shape index (κ2) is 9.73. The van der Waals surface area contributed by atoms with Gasteiger partial charge in [0, 0.05) is 19.8 Å². The molecule has 3 heteroatoms. The van der Waals surface area contributed by atoms with Crippen LogP contribution >= 0.6 is 0 Å². The molecule has 1 aliphatic carbocycles. The highest BCUT2D eigenvalue weighted by atomic mass is 16.3. The minimum absolute atomic E-state index is 0.0452. The molecule has 0 aromatic carbocycles. The lowest BCUT2D eigenvalue weighted by Gasteiger charge is -2.41. The monoisotopic (exact) mass is 272 g/mol. The zero-order valence-electron chi connectivity index (χ0n) is 12.3. The maximum atomic E-state index is 9.44. The standard InChI is InChI=1S/C16H32O3/c17-12-8-15-7-5-3-1-2-4-6-9-16(15,10-13-18)11-14-19/h15,17-19H,1-14H2. The number of aliphatic hydroxyl groups is 3. The molecular formula is C16H32O3. The summed E-state index contributed by atoms with van der Waals surface area (Å²) >= 11 is 0.